The predicted molar refractivity (Wildman–Crippen MR) is 58.2 cm³/mol. The quantitative estimate of drug-likeness (QED) is 0.702. The molecule has 2 saturated carbocycles. The van der Waals surface area contributed by atoms with Crippen LogP contribution in [0.3, 0.4) is 0 Å². The molecule has 3 heteroatoms. The van der Waals surface area contributed by atoms with Crippen LogP contribution in [0.1, 0.15) is 38.5 Å². The summed E-state index contributed by atoms with van der Waals surface area (Å²) in [6.45, 7) is 1.69. The molecule has 0 bridgehead atoms. The summed E-state index contributed by atoms with van der Waals surface area (Å²) in [6.07, 6.45) is 7.42. The van der Waals surface area contributed by atoms with Gasteiger partial charge in [-0.15, -0.1) is 0 Å². The number of carbonyl (C=O) groups is 1. The van der Waals surface area contributed by atoms with Crippen molar-refractivity contribution in [2.75, 3.05) is 13.1 Å². The molecular formula is C12H20N2O. The number of carbonyl (C=O) groups excluding carboxylic acids is 1. The minimum atomic E-state index is 0.229. The van der Waals surface area contributed by atoms with Crippen molar-refractivity contribution in [3.05, 3.63) is 0 Å². The van der Waals surface area contributed by atoms with E-state index in [9.17, 15) is 4.79 Å². The lowest BCUT2D eigenvalue weighted by atomic mass is 10.0. The van der Waals surface area contributed by atoms with Crippen molar-refractivity contribution in [1.82, 2.24) is 4.90 Å². The van der Waals surface area contributed by atoms with E-state index in [2.05, 4.69) is 0 Å². The first-order valence-corrected chi connectivity index (χ1v) is 6.26. The van der Waals surface area contributed by atoms with Crippen LogP contribution in [0.2, 0.25) is 0 Å². The first-order chi connectivity index (χ1) is 7.21. The molecule has 3 rings (SSSR count). The molecule has 15 heavy (non-hydrogen) atoms. The van der Waals surface area contributed by atoms with Gasteiger partial charge in [0, 0.05) is 25.0 Å². The van der Waals surface area contributed by atoms with E-state index in [0.29, 0.717) is 17.2 Å². The molecule has 3 aliphatic rings. The highest BCUT2D eigenvalue weighted by Crippen LogP contribution is 2.63. The summed E-state index contributed by atoms with van der Waals surface area (Å²) in [5, 5.41) is 0. The molecule has 0 radical (unpaired) electrons. The Labute approximate surface area is 91.0 Å². The number of rotatable bonds is 1. The average Bonchev–Trinajstić information content (AvgIpc) is 2.60. The van der Waals surface area contributed by atoms with Gasteiger partial charge in [0.05, 0.1) is 0 Å². The lowest BCUT2D eigenvalue weighted by molar-refractivity contribution is -0.132. The molecule has 2 N–H and O–H groups in total. The lowest BCUT2D eigenvalue weighted by Crippen LogP contribution is -2.34. The first kappa shape index (κ1) is 9.64. The first-order valence-electron chi connectivity index (χ1n) is 6.26. The van der Waals surface area contributed by atoms with Crippen LogP contribution in [0.5, 0.6) is 0 Å². The molecular weight excluding hydrogens is 188 g/mol. The van der Waals surface area contributed by atoms with Gasteiger partial charge in [-0.05, 0) is 31.1 Å². The van der Waals surface area contributed by atoms with Crippen LogP contribution in [-0.2, 0) is 4.79 Å². The van der Waals surface area contributed by atoms with Gasteiger partial charge < -0.3 is 10.6 Å². The normalized spacial score (nSPS) is 37.5. The maximum Gasteiger partial charge on any atom is 0.226 e. The van der Waals surface area contributed by atoms with Gasteiger partial charge in [-0.1, -0.05) is 12.8 Å². The maximum atomic E-state index is 12.2. The molecule has 0 aromatic rings. The van der Waals surface area contributed by atoms with Crippen LogP contribution < -0.4 is 5.73 Å². The van der Waals surface area contributed by atoms with Gasteiger partial charge in [0.15, 0.2) is 0 Å². The van der Waals surface area contributed by atoms with Crippen LogP contribution in [0, 0.1) is 11.3 Å². The number of nitrogens with two attached hydrogens (primary N) is 1. The second-order valence-corrected chi connectivity index (χ2v) is 5.66. The Balaban J connectivity index is 1.62. The summed E-state index contributed by atoms with van der Waals surface area (Å²) >= 11 is 0. The Bertz CT molecular complexity index is 283. The summed E-state index contributed by atoms with van der Waals surface area (Å²) in [4.78, 5) is 14.2. The van der Waals surface area contributed by atoms with Crippen molar-refractivity contribution in [3.8, 4) is 0 Å². The Morgan fingerprint density at radius 2 is 2.07 bits per heavy atom. The van der Waals surface area contributed by atoms with Gasteiger partial charge in [-0.3, -0.25) is 4.79 Å². The largest absolute Gasteiger partial charge is 0.341 e. The van der Waals surface area contributed by atoms with Crippen molar-refractivity contribution in [2.24, 2.45) is 17.1 Å². The fourth-order valence-corrected chi connectivity index (χ4v) is 3.54. The molecule has 3 nitrogen and oxygen atoms in total. The van der Waals surface area contributed by atoms with Crippen molar-refractivity contribution < 1.29 is 4.79 Å². The Kier molecular flexibility index (Phi) is 2.06. The molecule has 0 aromatic carbocycles. The molecule has 0 aromatic heterocycles. The van der Waals surface area contributed by atoms with Crippen LogP contribution in [-0.4, -0.2) is 29.9 Å². The van der Waals surface area contributed by atoms with Gasteiger partial charge in [0.25, 0.3) is 0 Å². The third-order valence-corrected chi connectivity index (χ3v) is 4.62. The molecule has 1 amide bonds. The molecule has 1 unspecified atom stereocenters. The summed E-state index contributed by atoms with van der Waals surface area (Å²) in [7, 11) is 0. The summed E-state index contributed by atoms with van der Waals surface area (Å²) < 4.78 is 0. The fourth-order valence-electron chi connectivity index (χ4n) is 3.54. The van der Waals surface area contributed by atoms with Gasteiger partial charge in [-0.2, -0.15) is 0 Å². The second-order valence-electron chi connectivity index (χ2n) is 5.66. The van der Waals surface area contributed by atoms with E-state index in [1.165, 1.54) is 25.7 Å². The Morgan fingerprint density at radius 3 is 2.67 bits per heavy atom. The highest BCUT2D eigenvalue weighted by atomic mass is 16.2. The van der Waals surface area contributed by atoms with Crippen molar-refractivity contribution in [1.29, 1.82) is 0 Å². The van der Waals surface area contributed by atoms with E-state index in [-0.39, 0.29) is 6.04 Å². The fraction of sp³-hybridized carbons (Fsp3) is 0.917. The van der Waals surface area contributed by atoms with E-state index in [0.717, 1.165) is 25.9 Å². The average molecular weight is 208 g/mol. The van der Waals surface area contributed by atoms with Gasteiger partial charge in [0.2, 0.25) is 5.91 Å². The highest BCUT2D eigenvalue weighted by molar-refractivity contribution is 5.83. The third kappa shape index (κ3) is 1.48. The standard InChI is InChI=1S/C12H20N2O/c13-9-3-6-14(8-9)11(15)10-7-12(10)4-1-2-5-12/h9-10H,1-8,13H2/t9-,10?/m0/s1. The summed E-state index contributed by atoms with van der Waals surface area (Å²) in [6, 6.07) is 0.229. The summed E-state index contributed by atoms with van der Waals surface area (Å²) in [5.74, 6) is 0.773. The van der Waals surface area contributed by atoms with Crippen LogP contribution in [0.25, 0.3) is 0 Å². The van der Waals surface area contributed by atoms with Gasteiger partial charge in [-0.25, -0.2) is 0 Å². The predicted octanol–water partition coefficient (Wildman–Crippen LogP) is 1.13. The second kappa shape index (κ2) is 3.21. The monoisotopic (exact) mass is 208 g/mol. The zero-order valence-electron chi connectivity index (χ0n) is 9.24. The van der Waals surface area contributed by atoms with Gasteiger partial charge in [0.1, 0.15) is 0 Å². The van der Waals surface area contributed by atoms with Crippen molar-refractivity contribution in [2.45, 2.75) is 44.6 Å². The molecule has 1 saturated heterocycles. The molecule has 3 fully saturated rings. The Hall–Kier alpha value is -0.570. The third-order valence-electron chi connectivity index (χ3n) is 4.62. The van der Waals surface area contributed by atoms with E-state index in [1.54, 1.807) is 0 Å². The van der Waals surface area contributed by atoms with Crippen LogP contribution >= 0.6 is 0 Å². The summed E-state index contributed by atoms with van der Waals surface area (Å²) in [5.41, 5.74) is 6.28. The van der Waals surface area contributed by atoms with E-state index in [1.807, 2.05) is 4.90 Å². The highest BCUT2D eigenvalue weighted by Gasteiger charge is 2.59. The number of hydrogen-bond acceptors (Lipinski definition) is 2. The van der Waals surface area contributed by atoms with E-state index in [4.69, 9.17) is 5.73 Å². The van der Waals surface area contributed by atoms with E-state index < -0.39 is 0 Å². The molecule has 2 atom stereocenters. The van der Waals surface area contributed by atoms with E-state index >= 15 is 0 Å². The molecule has 2 aliphatic carbocycles. The SMILES string of the molecule is N[C@H]1CCN(C(=O)C2CC23CCCC3)C1. The molecule has 84 valence electrons. The molecule has 1 heterocycles. The smallest absolute Gasteiger partial charge is 0.226 e. The van der Waals surface area contributed by atoms with Crippen molar-refractivity contribution >= 4 is 5.91 Å². The van der Waals surface area contributed by atoms with Crippen molar-refractivity contribution in [3.63, 3.8) is 0 Å². The number of hydrogen-bond donors (Lipinski definition) is 1. The lowest BCUT2D eigenvalue weighted by Gasteiger charge is -2.17. The van der Waals surface area contributed by atoms with Crippen LogP contribution in [0.4, 0.5) is 0 Å². The number of nitrogens with zero attached hydrogens (tertiary/aromatic N) is 1. The zero-order chi connectivity index (χ0) is 10.5. The van der Waals surface area contributed by atoms with Gasteiger partial charge >= 0.3 is 0 Å². The molecule has 1 spiro atoms. The number of amides is 1. The maximum absolute atomic E-state index is 12.2. The zero-order valence-corrected chi connectivity index (χ0v) is 9.24. The van der Waals surface area contributed by atoms with Crippen LogP contribution in [0.15, 0.2) is 0 Å². The molecule has 1 aliphatic heterocycles. The number of likely N-dealkylation sites (tertiary alicyclic amines) is 1. The minimum absolute atomic E-state index is 0.229. The minimum Gasteiger partial charge on any atom is -0.341 e. The topological polar surface area (TPSA) is 46.3 Å². The Morgan fingerprint density at radius 1 is 1.33 bits per heavy atom.